The second kappa shape index (κ2) is 7.09. The van der Waals surface area contributed by atoms with Crippen LogP contribution in [0.25, 0.3) is 0 Å². The van der Waals surface area contributed by atoms with Crippen molar-refractivity contribution in [2.75, 3.05) is 25.2 Å². The van der Waals surface area contributed by atoms with Gasteiger partial charge in [0.05, 0.1) is 6.61 Å². The fourth-order valence-electron chi connectivity index (χ4n) is 0.451. The molecule has 0 aliphatic heterocycles. The first-order chi connectivity index (χ1) is 4.81. The lowest BCUT2D eigenvalue weighted by Crippen LogP contribution is -2.01. The molecule has 0 spiro atoms. The van der Waals surface area contributed by atoms with E-state index < -0.39 is 0 Å². The third-order valence-electron chi connectivity index (χ3n) is 1.04. The molecule has 0 radical (unpaired) electrons. The average molecular weight is 162 g/mol. The summed E-state index contributed by atoms with van der Waals surface area (Å²) in [7, 11) is 1.68. The SMILES string of the molecule is COCCSCC(C)C=O. The van der Waals surface area contributed by atoms with Crippen molar-refractivity contribution in [1.29, 1.82) is 0 Å². The van der Waals surface area contributed by atoms with Gasteiger partial charge in [0.15, 0.2) is 0 Å². The Hall–Kier alpha value is -0.0200. The largest absolute Gasteiger partial charge is 0.384 e. The smallest absolute Gasteiger partial charge is 0.123 e. The van der Waals surface area contributed by atoms with Crippen molar-refractivity contribution in [3.05, 3.63) is 0 Å². The molecule has 3 heteroatoms. The van der Waals surface area contributed by atoms with Crippen LogP contribution in [0.5, 0.6) is 0 Å². The Morgan fingerprint density at radius 2 is 2.40 bits per heavy atom. The second-order valence-corrected chi connectivity index (χ2v) is 3.33. The van der Waals surface area contributed by atoms with Crippen LogP contribution >= 0.6 is 11.8 Å². The molecule has 0 aliphatic carbocycles. The Morgan fingerprint density at radius 3 is 2.90 bits per heavy atom. The number of aldehydes is 1. The Morgan fingerprint density at radius 1 is 1.70 bits per heavy atom. The molecule has 0 N–H and O–H groups in total. The first kappa shape index (κ1) is 9.98. The van der Waals surface area contributed by atoms with E-state index in [1.807, 2.05) is 6.92 Å². The first-order valence-corrected chi connectivity index (χ1v) is 4.48. The number of hydrogen-bond donors (Lipinski definition) is 0. The predicted octanol–water partition coefficient (Wildman–Crippen LogP) is 1.20. The van der Waals surface area contributed by atoms with Crippen LogP contribution in [0.15, 0.2) is 0 Å². The highest BCUT2D eigenvalue weighted by molar-refractivity contribution is 7.99. The third-order valence-corrected chi connectivity index (χ3v) is 2.26. The lowest BCUT2D eigenvalue weighted by atomic mass is 10.3. The molecule has 0 fully saturated rings. The molecule has 0 amide bonds. The van der Waals surface area contributed by atoms with Crippen molar-refractivity contribution in [3.8, 4) is 0 Å². The van der Waals surface area contributed by atoms with Gasteiger partial charge in [-0.15, -0.1) is 0 Å². The Balaban J connectivity index is 2.95. The van der Waals surface area contributed by atoms with Gasteiger partial charge in [0, 0.05) is 24.5 Å². The first-order valence-electron chi connectivity index (χ1n) is 3.33. The topological polar surface area (TPSA) is 26.3 Å². The van der Waals surface area contributed by atoms with E-state index >= 15 is 0 Å². The summed E-state index contributed by atoms with van der Waals surface area (Å²) in [5, 5.41) is 0. The molecule has 0 bridgehead atoms. The molecule has 0 heterocycles. The number of hydrogen-bond acceptors (Lipinski definition) is 3. The number of carbonyl (C=O) groups excluding carboxylic acids is 1. The summed E-state index contributed by atoms with van der Waals surface area (Å²) in [5.41, 5.74) is 0. The van der Waals surface area contributed by atoms with Crippen molar-refractivity contribution >= 4 is 18.0 Å². The fourth-order valence-corrected chi connectivity index (χ4v) is 1.35. The minimum atomic E-state index is 0.182. The zero-order chi connectivity index (χ0) is 7.82. The molecule has 0 saturated carbocycles. The highest BCUT2D eigenvalue weighted by Crippen LogP contribution is 2.05. The highest BCUT2D eigenvalue weighted by atomic mass is 32.2. The molecule has 0 aromatic rings. The number of methoxy groups -OCH3 is 1. The molecule has 1 unspecified atom stereocenters. The van der Waals surface area contributed by atoms with Crippen molar-refractivity contribution in [3.63, 3.8) is 0 Å². The molecule has 0 aromatic heterocycles. The molecule has 10 heavy (non-hydrogen) atoms. The quantitative estimate of drug-likeness (QED) is 0.433. The van der Waals surface area contributed by atoms with Crippen LogP contribution in [0.2, 0.25) is 0 Å². The summed E-state index contributed by atoms with van der Waals surface area (Å²) in [5.74, 6) is 2.07. The lowest BCUT2D eigenvalue weighted by Gasteiger charge is -2.01. The van der Waals surface area contributed by atoms with Gasteiger partial charge in [0.2, 0.25) is 0 Å². The van der Waals surface area contributed by atoms with E-state index in [1.54, 1.807) is 18.9 Å². The number of ether oxygens (including phenoxy) is 1. The molecule has 0 saturated heterocycles. The third kappa shape index (κ3) is 6.11. The number of carbonyl (C=O) groups is 1. The molecule has 0 rings (SSSR count). The molecule has 0 aromatic carbocycles. The van der Waals surface area contributed by atoms with E-state index in [4.69, 9.17) is 4.74 Å². The normalized spacial score (nSPS) is 13.0. The molecule has 60 valence electrons. The predicted molar refractivity (Wildman–Crippen MR) is 44.4 cm³/mol. The van der Waals surface area contributed by atoms with Gasteiger partial charge in [-0.2, -0.15) is 11.8 Å². The van der Waals surface area contributed by atoms with Crippen molar-refractivity contribution in [1.82, 2.24) is 0 Å². The summed E-state index contributed by atoms with van der Waals surface area (Å²) >= 11 is 1.75. The van der Waals surface area contributed by atoms with E-state index in [-0.39, 0.29) is 5.92 Å². The summed E-state index contributed by atoms with van der Waals surface area (Å²) in [6.07, 6.45) is 0.986. The lowest BCUT2D eigenvalue weighted by molar-refractivity contribution is -0.110. The number of thioether (sulfide) groups is 1. The van der Waals surface area contributed by atoms with Gasteiger partial charge in [0.25, 0.3) is 0 Å². The zero-order valence-corrected chi connectivity index (χ0v) is 7.32. The molecule has 0 aliphatic rings. The van der Waals surface area contributed by atoms with E-state index in [9.17, 15) is 4.79 Å². The maximum absolute atomic E-state index is 10.1. The summed E-state index contributed by atoms with van der Waals surface area (Å²) in [4.78, 5) is 10.1. The van der Waals surface area contributed by atoms with Crippen LogP contribution in [0, 0.1) is 5.92 Å². The van der Waals surface area contributed by atoms with Crippen LogP contribution in [0.1, 0.15) is 6.92 Å². The van der Waals surface area contributed by atoms with Gasteiger partial charge in [-0.05, 0) is 0 Å². The highest BCUT2D eigenvalue weighted by Gasteiger charge is 1.97. The van der Waals surface area contributed by atoms with Crippen LogP contribution in [0.4, 0.5) is 0 Å². The minimum Gasteiger partial charge on any atom is -0.384 e. The van der Waals surface area contributed by atoms with Gasteiger partial charge < -0.3 is 9.53 Å². The van der Waals surface area contributed by atoms with Crippen LogP contribution in [0.3, 0.4) is 0 Å². The maximum atomic E-state index is 10.1. The van der Waals surface area contributed by atoms with Crippen LogP contribution in [-0.4, -0.2) is 31.5 Å². The molecule has 1 atom stereocenters. The van der Waals surface area contributed by atoms with E-state index in [0.717, 1.165) is 24.4 Å². The minimum absolute atomic E-state index is 0.182. The van der Waals surface area contributed by atoms with E-state index in [0.29, 0.717) is 0 Å². The summed E-state index contributed by atoms with van der Waals surface area (Å²) in [6, 6.07) is 0. The standard InChI is InChI=1S/C7H14O2S/c1-7(5-8)6-10-4-3-9-2/h5,7H,3-4,6H2,1-2H3. The van der Waals surface area contributed by atoms with Gasteiger partial charge in [-0.1, -0.05) is 6.92 Å². The maximum Gasteiger partial charge on any atom is 0.123 e. The van der Waals surface area contributed by atoms with Crippen LogP contribution < -0.4 is 0 Å². The van der Waals surface area contributed by atoms with E-state index in [2.05, 4.69) is 0 Å². The molecular weight excluding hydrogens is 148 g/mol. The Bertz CT molecular complexity index is 85.7. The van der Waals surface area contributed by atoms with E-state index in [1.165, 1.54) is 0 Å². The monoisotopic (exact) mass is 162 g/mol. The van der Waals surface area contributed by atoms with Gasteiger partial charge >= 0.3 is 0 Å². The van der Waals surface area contributed by atoms with Crippen molar-refractivity contribution < 1.29 is 9.53 Å². The number of rotatable bonds is 6. The van der Waals surface area contributed by atoms with Crippen molar-refractivity contribution in [2.45, 2.75) is 6.92 Å². The zero-order valence-electron chi connectivity index (χ0n) is 6.50. The second-order valence-electron chi connectivity index (χ2n) is 2.18. The van der Waals surface area contributed by atoms with Gasteiger partial charge in [0.1, 0.15) is 6.29 Å². The van der Waals surface area contributed by atoms with Gasteiger partial charge in [-0.3, -0.25) is 0 Å². The van der Waals surface area contributed by atoms with Crippen LogP contribution in [-0.2, 0) is 9.53 Å². The fraction of sp³-hybridized carbons (Fsp3) is 0.857. The molecule has 2 nitrogen and oxygen atoms in total. The Kier molecular flexibility index (Phi) is 7.08. The Labute approximate surface area is 66.3 Å². The summed E-state index contributed by atoms with van der Waals surface area (Å²) < 4.78 is 4.85. The molecular formula is C7H14O2S. The van der Waals surface area contributed by atoms with Crippen molar-refractivity contribution in [2.24, 2.45) is 5.92 Å². The average Bonchev–Trinajstić information content (AvgIpc) is 1.98. The van der Waals surface area contributed by atoms with Gasteiger partial charge in [-0.25, -0.2) is 0 Å². The summed E-state index contributed by atoms with van der Waals surface area (Å²) in [6.45, 7) is 2.70.